The monoisotopic (exact) mass is 310 g/mol. The van der Waals surface area contributed by atoms with Gasteiger partial charge in [-0.2, -0.15) is 0 Å². The minimum absolute atomic E-state index is 0.155. The molecule has 0 radical (unpaired) electrons. The minimum atomic E-state index is -0.183. The third-order valence-electron chi connectivity index (χ3n) is 3.47. The van der Waals surface area contributed by atoms with E-state index in [0.29, 0.717) is 0 Å². The van der Waals surface area contributed by atoms with Crippen LogP contribution in [-0.2, 0) is 6.42 Å². The van der Waals surface area contributed by atoms with Gasteiger partial charge < -0.3 is 4.74 Å². The lowest BCUT2D eigenvalue weighted by Gasteiger charge is -2.04. The molecule has 110 valence electrons. The van der Waals surface area contributed by atoms with Gasteiger partial charge >= 0.3 is 0 Å². The largest absolute Gasteiger partial charge is 0.497 e. The van der Waals surface area contributed by atoms with Crippen molar-refractivity contribution in [2.75, 3.05) is 7.11 Å². The highest BCUT2D eigenvalue weighted by atomic mass is 32.1. The lowest BCUT2D eigenvalue weighted by molar-refractivity contribution is 0.0992. The Kier molecular flexibility index (Phi) is 4.02. The molecule has 1 heterocycles. The van der Waals surface area contributed by atoms with Gasteiger partial charge in [0, 0.05) is 11.1 Å². The number of rotatable bonds is 4. The van der Waals surface area contributed by atoms with E-state index in [1.807, 2.05) is 48.5 Å². The first kappa shape index (κ1) is 14.5. The number of hydrogen-bond acceptors (Lipinski definition) is 4. The van der Waals surface area contributed by atoms with Crippen molar-refractivity contribution < 1.29 is 9.53 Å². The minimum Gasteiger partial charge on any atom is -0.497 e. The standard InChI is InChI=1S/C18H14O3S/c1-21-14-8-6-12(7-9-14)10-16(19)15-11-13-4-2-3-5-17(13)22-18(15)20/h2-9,11H,10H2,1H3. The summed E-state index contributed by atoms with van der Waals surface area (Å²) in [5, 5.41) is 0.921. The number of benzene rings is 2. The normalized spacial score (nSPS) is 10.6. The van der Waals surface area contributed by atoms with Crippen LogP contribution in [0.5, 0.6) is 5.75 Å². The van der Waals surface area contributed by atoms with Gasteiger partial charge in [0.2, 0.25) is 4.74 Å². The number of hydrogen-bond donors (Lipinski definition) is 0. The Bertz CT molecular complexity index is 879. The van der Waals surface area contributed by atoms with Crippen LogP contribution >= 0.6 is 11.3 Å². The zero-order valence-electron chi connectivity index (χ0n) is 12.0. The first-order valence-electron chi connectivity index (χ1n) is 6.86. The van der Waals surface area contributed by atoms with Gasteiger partial charge in [0.15, 0.2) is 5.78 Å². The van der Waals surface area contributed by atoms with Crippen LogP contribution in [0.2, 0.25) is 0 Å². The Morgan fingerprint density at radius 3 is 2.55 bits per heavy atom. The second kappa shape index (κ2) is 6.12. The number of carbonyl (C=O) groups excluding carboxylic acids is 1. The number of fused-ring (bicyclic) bond motifs is 1. The van der Waals surface area contributed by atoms with Crippen LogP contribution in [0.25, 0.3) is 10.1 Å². The molecule has 0 spiro atoms. The van der Waals surface area contributed by atoms with Crippen molar-refractivity contribution in [1.82, 2.24) is 0 Å². The molecule has 22 heavy (non-hydrogen) atoms. The molecule has 3 aromatic rings. The molecule has 0 N–H and O–H groups in total. The highest BCUT2D eigenvalue weighted by Gasteiger charge is 2.13. The second-order valence-corrected chi connectivity index (χ2v) is 5.95. The van der Waals surface area contributed by atoms with Crippen molar-refractivity contribution in [3.05, 3.63) is 75.3 Å². The molecule has 2 aromatic carbocycles. The maximum atomic E-state index is 12.4. The van der Waals surface area contributed by atoms with Crippen LogP contribution in [0.4, 0.5) is 0 Å². The summed E-state index contributed by atoms with van der Waals surface area (Å²) in [5.74, 6) is 0.589. The topological polar surface area (TPSA) is 43.4 Å². The van der Waals surface area contributed by atoms with E-state index >= 15 is 0 Å². The molecule has 1 aromatic heterocycles. The van der Waals surface area contributed by atoms with E-state index in [4.69, 9.17) is 4.74 Å². The van der Waals surface area contributed by atoms with E-state index in [1.54, 1.807) is 13.2 Å². The Morgan fingerprint density at radius 1 is 1.09 bits per heavy atom. The summed E-state index contributed by atoms with van der Waals surface area (Å²) >= 11 is 1.12. The van der Waals surface area contributed by atoms with E-state index in [0.717, 1.165) is 32.7 Å². The highest BCUT2D eigenvalue weighted by Crippen LogP contribution is 2.18. The van der Waals surface area contributed by atoms with Gasteiger partial charge in [-0.1, -0.05) is 41.7 Å². The lowest BCUT2D eigenvalue weighted by atomic mass is 10.0. The van der Waals surface area contributed by atoms with Gasteiger partial charge in [0.05, 0.1) is 12.7 Å². The molecule has 0 fully saturated rings. The van der Waals surface area contributed by atoms with E-state index in [-0.39, 0.29) is 22.5 Å². The van der Waals surface area contributed by atoms with Gasteiger partial charge in [-0.05, 0) is 35.2 Å². The summed E-state index contributed by atoms with van der Waals surface area (Å²) in [6.07, 6.45) is 0.213. The third-order valence-corrected chi connectivity index (χ3v) is 4.46. The molecule has 0 aliphatic heterocycles. The van der Waals surface area contributed by atoms with Crippen LogP contribution in [0.3, 0.4) is 0 Å². The molecule has 0 unspecified atom stereocenters. The van der Waals surface area contributed by atoms with Gasteiger partial charge in [-0.25, -0.2) is 0 Å². The summed E-state index contributed by atoms with van der Waals surface area (Å²) < 4.78 is 5.81. The zero-order valence-corrected chi connectivity index (χ0v) is 12.9. The van der Waals surface area contributed by atoms with Crippen LogP contribution in [0.1, 0.15) is 15.9 Å². The maximum Gasteiger partial charge on any atom is 0.243 e. The quantitative estimate of drug-likeness (QED) is 0.690. The fraction of sp³-hybridized carbons (Fsp3) is 0.111. The first-order valence-corrected chi connectivity index (χ1v) is 7.68. The third kappa shape index (κ3) is 2.92. The number of carbonyl (C=O) groups is 1. The smallest absolute Gasteiger partial charge is 0.243 e. The van der Waals surface area contributed by atoms with E-state index < -0.39 is 0 Å². The summed E-state index contributed by atoms with van der Waals surface area (Å²) in [6, 6.07) is 16.6. The Balaban J connectivity index is 1.91. The average Bonchev–Trinajstić information content (AvgIpc) is 2.54. The number of ether oxygens (including phenoxy) is 1. The maximum absolute atomic E-state index is 12.4. The Hall–Kier alpha value is -2.46. The molecule has 0 saturated heterocycles. The van der Waals surface area contributed by atoms with Crippen LogP contribution < -0.4 is 9.48 Å². The van der Waals surface area contributed by atoms with Gasteiger partial charge in [0.25, 0.3) is 0 Å². The van der Waals surface area contributed by atoms with Crippen molar-refractivity contribution >= 4 is 27.2 Å². The second-order valence-electron chi connectivity index (χ2n) is 4.93. The van der Waals surface area contributed by atoms with E-state index in [2.05, 4.69) is 0 Å². The Morgan fingerprint density at radius 2 is 1.82 bits per heavy atom. The summed E-state index contributed by atoms with van der Waals surface area (Å²) in [6.45, 7) is 0. The first-order chi connectivity index (χ1) is 10.7. The molecule has 0 bridgehead atoms. The molecule has 0 aliphatic carbocycles. The van der Waals surface area contributed by atoms with Crippen LogP contribution in [-0.4, -0.2) is 12.9 Å². The van der Waals surface area contributed by atoms with Crippen molar-refractivity contribution in [2.24, 2.45) is 0 Å². The molecule has 3 nitrogen and oxygen atoms in total. The predicted octanol–water partition coefficient (Wildman–Crippen LogP) is 3.70. The van der Waals surface area contributed by atoms with Crippen LogP contribution in [0.15, 0.2) is 59.4 Å². The zero-order chi connectivity index (χ0) is 15.5. The molecular weight excluding hydrogens is 296 g/mol. The fourth-order valence-corrected chi connectivity index (χ4v) is 3.15. The van der Waals surface area contributed by atoms with Crippen molar-refractivity contribution in [2.45, 2.75) is 6.42 Å². The van der Waals surface area contributed by atoms with E-state index in [9.17, 15) is 9.59 Å². The lowest BCUT2D eigenvalue weighted by Crippen LogP contribution is -2.13. The van der Waals surface area contributed by atoms with Crippen molar-refractivity contribution in [3.63, 3.8) is 0 Å². The highest BCUT2D eigenvalue weighted by molar-refractivity contribution is 7.16. The average molecular weight is 310 g/mol. The predicted molar refractivity (Wildman–Crippen MR) is 89.1 cm³/mol. The van der Waals surface area contributed by atoms with Gasteiger partial charge in [-0.3, -0.25) is 9.59 Å². The number of Topliss-reactive ketones (excluding diaryl/α,β-unsaturated/α-hetero) is 1. The molecule has 0 atom stereocenters. The van der Waals surface area contributed by atoms with Gasteiger partial charge in [0.1, 0.15) is 5.75 Å². The number of methoxy groups -OCH3 is 1. The molecule has 4 heteroatoms. The summed E-state index contributed by atoms with van der Waals surface area (Å²) in [5.41, 5.74) is 1.13. The SMILES string of the molecule is COc1ccc(CC(=O)c2cc3ccccc3sc2=O)cc1. The summed E-state index contributed by atoms with van der Waals surface area (Å²) in [4.78, 5) is 24.6. The molecule has 0 aliphatic rings. The van der Waals surface area contributed by atoms with Crippen LogP contribution in [0, 0.1) is 0 Å². The fourth-order valence-electron chi connectivity index (χ4n) is 2.28. The van der Waals surface area contributed by atoms with Gasteiger partial charge in [-0.15, -0.1) is 0 Å². The van der Waals surface area contributed by atoms with Crippen molar-refractivity contribution in [3.8, 4) is 5.75 Å². The molecule has 0 amide bonds. The Labute approximate surface area is 131 Å². The van der Waals surface area contributed by atoms with Crippen molar-refractivity contribution in [1.29, 1.82) is 0 Å². The summed E-state index contributed by atoms with van der Waals surface area (Å²) in [7, 11) is 1.60. The molecule has 3 rings (SSSR count). The molecule has 0 saturated carbocycles. The van der Waals surface area contributed by atoms with E-state index in [1.165, 1.54) is 0 Å². The molecular formula is C18H14O3S. The number of ketones is 1.